The molecule has 0 amide bonds. The van der Waals surface area contributed by atoms with Crippen LogP contribution < -0.4 is 11.1 Å². The van der Waals surface area contributed by atoms with Crippen molar-refractivity contribution < 1.29 is 0 Å². The molecule has 2 aromatic carbocycles. The van der Waals surface area contributed by atoms with Crippen LogP contribution in [0.4, 0.5) is 5.69 Å². The molecule has 0 aliphatic heterocycles. The summed E-state index contributed by atoms with van der Waals surface area (Å²) in [6, 6.07) is 16.9. The molecule has 0 fully saturated rings. The topological polar surface area (TPSA) is 38.0 Å². The number of aryl methyl sites for hydroxylation is 1. The number of nitrogens with one attached hydrogen (secondary N) is 1. The standard InChI is InChI=1S/C21H28N2/c1-17-12-13-20(18(2)19-10-6-5-7-11-19)21(16-17)23-15-9-4-3-8-14-22/h5-7,10-13,16,23H,2-4,8-9,14-15,22H2,1H3. The number of benzene rings is 2. The molecular weight excluding hydrogens is 280 g/mol. The van der Waals surface area contributed by atoms with Gasteiger partial charge in [-0.15, -0.1) is 0 Å². The van der Waals surface area contributed by atoms with Gasteiger partial charge in [0.1, 0.15) is 0 Å². The number of rotatable bonds is 9. The van der Waals surface area contributed by atoms with Gasteiger partial charge in [0.2, 0.25) is 0 Å². The SMILES string of the molecule is C=C(c1ccccc1)c1ccc(C)cc1NCCCCCCN. The molecule has 2 nitrogen and oxygen atoms in total. The number of anilines is 1. The minimum absolute atomic E-state index is 0.798. The Balaban J connectivity index is 2.04. The molecule has 0 radical (unpaired) electrons. The van der Waals surface area contributed by atoms with Crippen LogP contribution in [-0.2, 0) is 0 Å². The summed E-state index contributed by atoms with van der Waals surface area (Å²) >= 11 is 0. The third-order valence-corrected chi connectivity index (χ3v) is 4.07. The highest BCUT2D eigenvalue weighted by Crippen LogP contribution is 2.29. The first-order chi connectivity index (χ1) is 11.2. The second kappa shape index (κ2) is 9.16. The van der Waals surface area contributed by atoms with Gasteiger partial charge < -0.3 is 11.1 Å². The van der Waals surface area contributed by atoms with E-state index in [0.717, 1.165) is 25.1 Å². The first-order valence-corrected chi connectivity index (χ1v) is 8.51. The van der Waals surface area contributed by atoms with E-state index >= 15 is 0 Å². The van der Waals surface area contributed by atoms with Crippen LogP contribution in [0.2, 0.25) is 0 Å². The molecule has 0 spiro atoms. The molecule has 23 heavy (non-hydrogen) atoms. The first-order valence-electron chi connectivity index (χ1n) is 8.51. The summed E-state index contributed by atoms with van der Waals surface area (Å²) in [5.74, 6) is 0. The van der Waals surface area contributed by atoms with Crippen LogP contribution in [0.15, 0.2) is 55.1 Å². The van der Waals surface area contributed by atoms with E-state index in [2.05, 4.69) is 61.3 Å². The minimum atomic E-state index is 0.798. The molecule has 0 aromatic heterocycles. The fourth-order valence-electron chi connectivity index (χ4n) is 2.71. The normalized spacial score (nSPS) is 10.5. The molecule has 0 unspecified atom stereocenters. The van der Waals surface area contributed by atoms with Crippen molar-refractivity contribution in [3.05, 3.63) is 71.8 Å². The number of hydrogen-bond acceptors (Lipinski definition) is 2. The highest BCUT2D eigenvalue weighted by molar-refractivity contribution is 5.85. The van der Waals surface area contributed by atoms with Crippen LogP contribution >= 0.6 is 0 Å². The summed E-state index contributed by atoms with van der Waals surface area (Å²) in [6.45, 7) is 8.21. The lowest BCUT2D eigenvalue weighted by molar-refractivity contribution is 0.661. The molecule has 0 atom stereocenters. The van der Waals surface area contributed by atoms with E-state index in [0.29, 0.717) is 0 Å². The van der Waals surface area contributed by atoms with Crippen LogP contribution in [0.5, 0.6) is 0 Å². The van der Waals surface area contributed by atoms with Crippen LogP contribution in [0.1, 0.15) is 42.4 Å². The third-order valence-electron chi connectivity index (χ3n) is 4.07. The van der Waals surface area contributed by atoms with Crippen molar-refractivity contribution in [2.45, 2.75) is 32.6 Å². The summed E-state index contributed by atoms with van der Waals surface area (Å²) in [7, 11) is 0. The quantitative estimate of drug-likeness (QED) is 0.641. The largest absolute Gasteiger partial charge is 0.385 e. The van der Waals surface area contributed by atoms with E-state index in [-0.39, 0.29) is 0 Å². The second-order valence-corrected chi connectivity index (χ2v) is 6.02. The van der Waals surface area contributed by atoms with Gasteiger partial charge in [-0.3, -0.25) is 0 Å². The van der Waals surface area contributed by atoms with Crippen molar-refractivity contribution in [2.24, 2.45) is 5.73 Å². The van der Waals surface area contributed by atoms with Gasteiger partial charge in [0, 0.05) is 17.8 Å². The van der Waals surface area contributed by atoms with Crippen molar-refractivity contribution in [1.29, 1.82) is 0 Å². The van der Waals surface area contributed by atoms with Gasteiger partial charge in [0.05, 0.1) is 0 Å². The average molecular weight is 308 g/mol. The van der Waals surface area contributed by atoms with E-state index in [1.165, 1.54) is 41.6 Å². The van der Waals surface area contributed by atoms with E-state index in [1.807, 2.05) is 6.07 Å². The van der Waals surface area contributed by atoms with Crippen molar-refractivity contribution >= 4 is 11.3 Å². The highest BCUT2D eigenvalue weighted by atomic mass is 14.9. The van der Waals surface area contributed by atoms with Gasteiger partial charge in [-0.1, -0.05) is 61.9 Å². The Bertz CT molecular complexity index is 617. The number of nitrogens with two attached hydrogens (primary N) is 1. The molecule has 0 saturated carbocycles. The molecule has 2 rings (SSSR count). The monoisotopic (exact) mass is 308 g/mol. The maximum atomic E-state index is 5.53. The Morgan fingerprint density at radius 3 is 2.48 bits per heavy atom. The zero-order chi connectivity index (χ0) is 16.5. The molecule has 0 bridgehead atoms. The first kappa shape index (κ1) is 17.3. The summed E-state index contributed by atoms with van der Waals surface area (Å²) in [5.41, 5.74) is 11.4. The zero-order valence-corrected chi connectivity index (χ0v) is 14.1. The summed E-state index contributed by atoms with van der Waals surface area (Å²) in [4.78, 5) is 0. The highest BCUT2D eigenvalue weighted by Gasteiger charge is 2.08. The fraction of sp³-hybridized carbons (Fsp3) is 0.333. The molecule has 0 saturated heterocycles. The Morgan fingerprint density at radius 2 is 1.74 bits per heavy atom. The molecule has 0 aliphatic rings. The van der Waals surface area contributed by atoms with Crippen molar-refractivity contribution in [2.75, 3.05) is 18.4 Å². The number of hydrogen-bond donors (Lipinski definition) is 2. The Hall–Kier alpha value is -2.06. The Labute approximate surface area is 140 Å². The van der Waals surface area contributed by atoms with E-state index in [4.69, 9.17) is 5.73 Å². The van der Waals surface area contributed by atoms with Crippen LogP contribution in [0, 0.1) is 6.92 Å². The van der Waals surface area contributed by atoms with Crippen molar-refractivity contribution in [1.82, 2.24) is 0 Å². The summed E-state index contributed by atoms with van der Waals surface area (Å²) in [6.07, 6.45) is 4.74. The smallest absolute Gasteiger partial charge is 0.0422 e. The average Bonchev–Trinajstić information content (AvgIpc) is 2.58. The third kappa shape index (κ3) is 5.26. The van der Waals surface area contributed by atoms with E-state index in [9.17, 15) is 0 Å². The number of unbranched alkanes of at least 4 members (excludes halogenated alkanes) is 3. The van der Waals surface area contributed by atoms with Crippen LogP contribution in [0.3, 0.4) is 0 Å². The van der Waals surface area contributed by atoms with Gasteiger partial charge >= 0.3 is 0 Å². The molecule has 122 valence electrons. The molecule has 2 heteroatoms. The van der Waals surface area contributed by atoms with Gasteiger partial charge in [-0.25, -0.2) is 0 Å². The van der Waals surface area contributed by atoms with E-state index < -0.39 is 0 Å². The van der Waals surface area contributed by atoms with Crippen LogP contribution in [-0.4, -0.2) is 13.1 Å². The van der Waals surface area contributed by atoms with Crippen molar-refractivity contribution in [3.63, 3.8) is 0 Å². The minimum Gasteiger partial charge on any atom is -0.385 e. The maximum Gasteiger partial charge on any atom is 0.0422 e. The fourth-order valence-corrected chi connectivity index (χ4v) is 2.71. The lowest BCUT2D eigenvalue weighted by atomic mass is 9.97. The predicted molar refractivity (Wildman–Crippen MR) is 102 cm³/mol. The van der Waals surface area contributed by atoms with Gasteiger partial charge in [0.15, 0.2) is 0 Å². The molecule has 0 heterocycles. The maximum absolute atomic E-state index is 5.53. The lowest BCUT2D eigenvalue weighted by Crippen LogP contribution is -2.05. The van der Waals surface area contributed by atoms with Gasteiger partial charge in [0.25, 0.3) is 0 Å². The lowest BCUT2D eigenvalue weighted by Gasteiger charge is -2.15. The predicted octanol–water partition coefficient (Wildman–Crippen LogP) is 4.99. The molecule has 0 aliphatic carbocycles. The van der Waals surface area contributed by atoms with Gasteiger partial charge in [-0.05, 0) is 49.1 Å². The molecule has 3 N–H and O–H groups in total. The summed E-state index contributed by atoms with van der Waals surface area (Å²) < 4.78 is 0. The second-order valence-electron chi connectivity index (χ2n) is 6.02. The summed E-state index contributed by atoms with van der Waals surface area (Å²) in [5, 5.41) is 3.59. The van der Waals surface area contributed by atoms with Crippen LogP contribution in [0.25, 0.3) is 5.57 Å². The Kier molecular flexibility index (Phi) is 6.89. The molecular formula is C21H28N2. The zero-order valence-electron chi connectivity index (χ0n) is 14.1. The van der Waals surface area contributed by atoms with Crippen molar-refractivity contribution in [3.8, 4) is 0 Å². The molecule has 2 aromatic rings. The Morgan fingerprint density at radius 1 is 1.00 bits per heavy atom. The van der Waals surface area contributed by atoms with E-state index in [1.54, 1.807) is 0 Å². The van der Waals surface area contributed by atoms with Gasteiger partial charge in [-0.2, -0.15) is 0 Å².